The van der Waals surface area contributed by atoms with Gasteiger partial charge < -0.3 is 14.6 Å². The molecule has 0 bridgehead atoms. The minimum atomic E-state index is 0.286. The van der Waals surface area contributed by atoms with Gasteiger partial charge in [-0.2, -0.15) is 0 Å². The minimum absolute atomic E-state index is 0.286. The van der Waals surface area contributed by atoms with E-state index in [2.05, 4.69) is 92.6 Å². The summed E-state index contributed by atoms with van der Waals surface area (Å²) in [6.07, 6.45) is 1.91. The van der Waals surface area contributed by atoms with Crippen LogP contribution >= 0.6 is 0 Å². The number of fused-ring (bicyclic) bond motifs is 1. The van der Waals surface area contributed by atoms with E-state index in [0.717, 1.165) is 62.6 Å². The molecule has 3 aromatic rings. The van der Waals surface area contributed by atoms with Crippen molar-refractivity contribution >= 4 is 17.8 Å². The monoisotopic (exact) mass is 511 g/mol. The molecule has 2 aliphatic heterocycles. The van der Waals surface area contributed by atoms with Crippen molar-refractivity contribution in [2.75, 3.05) is 42.5 Å². The molecule has 1 aromatic heterocycles. The number of hydrogen-bond donors (Lipinski definition) is 0. The van der Waals surface area contributed by atoms with E-state index in [-0.39, 0.29) is 6.04 Å². The van der Waals surface area contributed by atoms with Crippen LogP contribution < -0.4 is 9.80 Å². The second-order valence-corrected chi connectivity index (χ2v) is 11.4. The average molecular weight is 512 g/mol. The van der Waals surface area contributed by atoms with Gasteiger partial charge in [0, 0.05) is 62.0 Å². The highest BCUT2D eigenvalue weighted by molar-refractivity contribution is 5.67. The largest absolute Gasteiger partial charge is 0.366 e. The predicted octanol–water partition coefficient (Wildman–Crippen LogP) is 5.46. The lowest BCUT2D eigenvalue weighted by molar-refractivity contribution is -0.109. The first kappa shape index (κ1) is 26.4. The molecule has 2 aliphatic rings. The lowest BCUT2D eigenvalue weighted by Crippen LogP contribution is -2.53. The van der Waals surface area contributed by atoms with Crippen molar-refractivity contribution in [1.82, 2.24) is 14.9 Å². The average Bonchev–Trinajstić information content (AvgIpc) is 2.90. The number of carbonyl (C=O) groups is 1. The quantitative estimate of drug-likeness (QED) is 0.410. The highest BCUT2D eigenvalue weighted by atomic mass is 16.1. The first-order valence-electron chi connectivity index (χ1n) is 14.0. The fourth-order valence-corrected chi connectivity index (χ4v) is 5.84. The van der Waals surface area contributed by atoms with Gasteiger partial charge in [0.15, 0.2) is 5.82 Å². The van der Waals surface area contributed by atoms with Crippen LogP contribution in [0.5, 0.6) is 0 Å². The number of benzene rings is 2. The number of piperazine rings is 1. The SMILES string of the molecule is Cc1ccc(C)c(-c2nc3c(c(N4CCN(CC=O)[C@H](C)C4)n2)CN(c2cc(C(C)C)ccc2C)CC3)c1. The van der Waals surface area contributed by atoms with Crippen LogP contribution in [0.1, 0.15) is 60.2 Å². The third-order valence-electron chi connectivity index (χ3n) is 8.29. The summed E-state index contributed by atoms with van der Waals surface area (Å²) in [6, 6.07) is 13.7. The number of anilines is 2. The van der Waals surface area contributed by atoms with Crippen LogP contribution in [0, 0.1) is 20.8 Å². The van der Waals surface area contributed by atoms with Gasteiger partial charge in [-0.05, 0) is 62.4 Å². The summed E-state index contributed by atoms with van der Waals surface area (Å²) < 4.78 is 0. The number of carbonyl (C=O) groups excluding carboxylic acids is 1. The fourth-order valence-electron chi connectivity index (χ4n) is 5.84. The Balaban J connectivity index is 1.57. The van der Waals surface area contributed by atoms with Crippen molar-refractivity contribution in [2.24, 2.45) is 0 Å². The van der Waals surface area contributed by atoms with E-state index in [1.54, 1.807) is 0 Å². The number of hydrogen-bond acceptors (Lipinski definition) is 6. The molecule has 0 amide bonds. The molecule has 6 heteroatoms. The Morgan fingerprint density at radius 1 is 0.974 bits per heavy atom. The maximum Gasteiger partial charge on any atom is 0.162 e. The summed E-state index contributed by atoms with van der Waals surface area (Å²) in [5.41, 5.74) is 9.95. The van der Waals surface area contributed by atoms with Crippen LogP contribution in [0.2, 0.25) is 0 Å². The van der Waals surface area contributed by atoms with E-state index in [1.807, 2.05) is 0 Å². The van der Waals surface area contributed by atoms with Crippen molar-refractivity contribution in [2.45, 2.75) is 66.5 Å². The Labute approximate surface area is 227 Å². The zero-order chi connectivity index (χ0) is 27.0. The Bertz CT molecular complexity index is 1330. The maximum atomic E-state index is 11.2. The fraction of sp³-hybridized carbons (Fsp3) is 0.469. The molecular weight excluding hydrogens is 470 g/mol. The molecule has 0 spiro atoms. The van der Waals surface area contributed by atoms with Crippen molar-refractivity contribution in [3.05, 3.63) is 69.9 Å². The Morgan fingerprint density at radius 3 is 2.50 bits per heavy atom. The van der Waals surface area contributed by atoms with Crippen LogP contribution in [0.3, 0.4) is 0 Å². The molecule has 0 saturated carbocycles. The maximum absolute atomic E-state index is 11.2. The zero-order valence-corrected chi connectivity index (χ0v) is 23.8. The van der Waals surface area contributed by atoms with Gasteiger partial charge in [0.05, 0.1) is 12.2 Å². The molecule has 0 radical (unpaired) electrons. The van der Waals surface area contributed by atoms with Crippen LogP contribution in [0.15, 0.2) is 36.4 Å². The molecule has 1 saturated heterocycles. The molecule has 6 nitrogen and oxygen atoms in total. The molecule has 3 heterocycles. The van der Waals surface area contributed by atoms with Crippen molar-refractivity contribution in [3.8, 4) is 11.4 Å². The molecular formula is C32H41N5O. The molecule has 200 valence electrons. The third kappa shape index (κ3) is 5.19. The molecule has 0 unspecified atom stereocenters. The predicted molar refractivity (Wildman–Crippen MR) is 156 cm³/mol. The van der Waals surface area contributed by atoms with Crippen LogP contribution in [-0.2, 0) is 17.8 Å². The van der Waals surface area contributed by atoms with Crippen LogP contribution in [-0.4, -0.2) is 59.9 Å². The van der Waals surface area contributed by atoms with Crippen molar-refractivity contribution < 1.29 is 4.79 Å². The molecule has 1 atom stereocenters. The van der Waals surface area contributed by atoms with E-state index in [9.17, 15) is 4.79 Å². The van der Waals surface area contributed by atoms with Crippen molar-refractivity contribution in [1.29, 1.82) is 0 Å². The lowest BCUT2D eigenvalue weighted by atomic mass is 9.98. The summed E-state index contributed by atoms with van der Waals surface area (Å²) in [5, 5.41) is 0. The van der Waals surface area contributed by atoms with E-state index < -0.39 is 0 Å². The number of rotatable bonds is 6. The minimum Gasteiger partial charge on any atom is -0.366 e. The molecule has 1 fully saturated rings. The number of aryl methyl sites for hydroxylation is 3. The standard InChI is InChI=1S/C32H41N5O/c1-21(2)26-10-9-24(5)30(18-26)36-12-11-29-28(20-36)32(37-14-13-35(15-16-38)25(6)19-37)34-31(33-29)27-17-22(3)7-8-23(27)4/h7-10,16-18,21,25H,11-15,19-20H2,1-6H3/t25-/m1/s1. The molecule has 0 aliphatic carbocycles. The highest BCUT2D eigenvalue weighted by Crippen LogP contribution is 2.35. The van der Waals surface area contributed by atoms with Gasteiger partial charge in [0.1, 0.15) is 12.1 Å². The number of aldehydes is 1. The van der Waals surface area contributed by atoms with Crippen LogP contribution in [0.4, 0.5) is 11.5 Å². The smallest absolute Gasteiger partial charge is 0.162 e. The summed E-state index contributed by atoms with van der Waals surface area (Å²) >= 11 is 0. The second kappa shape index (κ2) is 10.9. The van der Waals surface area contributed by atoms with E-state index in [0.29, 0.717) is 12.5 Å². The summed E-state index contributed by atoms with van der Waals surface area (Å²) in [7, 11) is 0. The van der Waals surface area contributed by atoms with E-state index in [1.165, 1.54) is 39.2 Å². The molecule has 38 heavy (non-hydrogen) atoms. The van der Waals surface area contributed by atoms with Gasteiger partial charge in [0.2, 0.25) is 0 Å². The van der Waals surface area contributed by atoms with E-state index in [4.69, 9.17) is 9.97 Å². The molecule has 5 rings (SSSR count). The normalized spacial score (nSPS) is 18.1. The number of aromatic nitrogens is 2. The van der Waals surface area contributed by atoms with Gasteiger partial charge in [-0.1, -0.05) is 43.7 Å². The van der Waals surface area contributed by atoms with Gasteiger partial charge >= 0.3 is 0 Å². The molecule has 0 N–H and O–H groups in total. The lowest BCUT2D eigenvalue weighted by Gasteiger charge is -2.41. The van der Waals surface area contributed by atoms with Gasteiger partial charge in [-0.15, -0.1) is 0 Å². The van der Waals surface area contributed by atoms with E-state index >= 15 is 0 Å². The first-order valence-corrected chi connectivity index (χ1v) is 14.0. The zero-order valence-electron chi connectivity index (χ0n) is 23.8. The Morgan fingerprint density at radius 2 is 1.76 bits per heavy atom. The molecule has 2 aromatic carbocycles. The Hall–Kier alpha value is -3.25. The van der Waals surface area contributed by atoms with Crippen molar-refractivity contribution in [3.63, 3.8) is 0 Å². The topological polar surface area (TPSA) is 52.6 Å². The van der Waals surface area contributed by atoms with Gasteiger partial charge in [-0.25, -0.2) is 9.97 Å². The van der Waals surface area contributed by atoms with Gasteiger partial charge in [0.25, 0.3) is 0 Å². The third-order valence-corrected chi connectivity index (χ3v) is 8.29. The van der Waals surface area contributed by atoms with Gasteiger partial charge in [-0.3, -0.25) is 4.90 Å². The highest BCUT2D eigenvalue weighted by Gasteiger charge is 2.30. The Kier molecular flexibility index (Phi) is 7.53. The summed E-state index contributed by atoms with van der Waals surface area (Å²) in [6.45, 7) is 18.0. The first-order chi connectivity index (χ1) is 18.2. The summed E-state index contributed by atoms with van der Waals surface area (Å²) in [4.78, 5) is 28.9. The second-order valence-electron chi connectivity index (χ2n) is 11.4. The summed E-state index contributed by atoms with van der Waals surface area (Å²) in [5.74, 6) is 2.38. The van der Waals surface area contributed by atoms with Crippen LogP contribution in [0.25, 0.3) is 11.4 Å². The number of nitrogens with zero attached hydrogens (tertiary/aromatic N) is 5.